The number of amides is 1. The van der Waals surface area contributed by atoms with Gasteiger partial charge >= 0.3 is 0 Å². The van der Waals surface area contributed by atoms with Gasteiger partial charge in [0.15, 0.2) is 0 Å². The molecule has 0 spiro atoms. The zero-order chi connectivity index (χ0) is 16.2. The topological polar surface area (TPSA) is 42.0 Å². The molecule has 3 rings (SSSR count). The smallest absolute Gasteiger partial charge is 0.216 e. The number of thiazole rings is 1. The van der Waals surface area contributed by atoms with E-state index in [0.717, 1.165) is 27.6 Å². The lowest BCUT2D eigenvalue weighted by atomic mass is 10.2. The van der Waals surface area contributed by atoms with Crippen molar-refractivity contribution in [2.75, 3.05) is 6.54 Å². The van der Waals surface area contributed by atoms with E-state index in [9.17, 15) is 9.18 Å². The van der Waals surface area contributed by atoms with Crippen molar-refractivity contribution in [3.63, 3.8) is 0 Å². The highest BCUT2D eigenvalue weighted by Gasteiger charge is 2.09. The lowest BCUT2D eigenvalue weighted by molar-refractivity contribution is -0.118. The molecule has 6 heteroatoms. The van der Waals surface area contributed by atoms with E-state index in [1.54, 1.807) is 34.8 Å². The maximum absolute atomic E-state index is 13.0. The fourth-order valence-corrected chi connectivity index (χ4v) is 3.99. The van der Waals surface area contributed by atoms with E-state index in [0.29, 0.717) is 6.54 Å². The number of aromatic nitrogens is 1. The zero-order valence-corrected chi connectivity index (χ0v) is 14.1. The quantitative estimate of drug-likeness (QED) is 0.746. The normalized spacial score (nSPS) is 10.7. The van der Waals surface area contributed by atoms with Gasteiger partial charge in [-0.25, -0.2) is 9.37 Å². The number of nitrogens with zero attached hydrogens (tertiary/aromatic N) is 1. The Kier molecular flexibility index (Phi) is 4.83. The summed E-state index contributed by atoms with van der Waals surface area (Å²) in [6, 6.07) is 10.5. The molecule has 0 bridgehead atoms. The number of nitrogens with one attached hydrogen (secondary N) is 1. The average molecular weight is 346 g/mol. The number of thiophene rings is 1. The number of hydrogen-bond donors (Lipinski definition) is 1. The second-order valence-electron chi connectivity index (χ2n) is 5.04. The van der Waals surface area contributed by atoms with Crippen LogP contribution in [-0.2, 0) is 11.2 Å². The van der Waals surface area contributed by atoms with Crippen LogP contribution in [0.15, 0.2) is 41.8 Å². The first kappa shape index (κ1) is 15.8. The van der Waals surface area contributed by atoms with Crippen LogP contribution in [0, 0.1) is 5.82 Å². The van der Waals surface area contributed by atoms with Crippen molar-refractivity contribution in [2.24, 2.45) is 0 Å². The SMILES string of the molecule is CC(=O)NCCc1ccc(-c2csc(-c3ccc(F)cc3)n2)s1. The zero-order valence-electron chi connectivity index (χ0n) is 12.5. The molecular weight excluding hydrogens is 331 g/mol. The molecule has 1 N–H and O–H groups in total. The lowest BCUT2D eigenvalue weighted by Crippen LogP contribution is -2.21. The van der Waals surface area contributed by atoms with Gasteiger partial charge in [0.2, 0.25) is 5.91 Å². The molecule has 1 aromatic carbocycles. The first-order valence-electron chi connectivity index (χ1n) is 7.17. The monoisotopic (exact) mass is 346 g/mol. The molecular formula is C17H15FN2OS2. The van der Waals surface area contributed by atoms with Gasteiger partial charge in [0.1, 0.15) is 10.8 Å². The van der Waals surface area contributed by atoms with Gasteiger partial charge in [0, 0.05) is 29.3 Å². The lowest BCUT2D eigenvalue weighted by Gasteiger charge is -1.98. The van der Waals surface area contributed by atoms with Gasteiger partial charge in [-0.1, -0.05) is 0 Å². The number of benzene rings is 1. The molecule has 1 amide bonds. The van der Waals surface area contributed by atoms with E-state index < -0.39 is 0 Å². The van der Waals surface area contributed by atoms with Crippen LogP contribution in [0.1, 0.15) is 11.8 Å². The van der Waals surface area contributed by atoms with Gasteiger partial charge in [-0.05, 0) is 42.8 Å². The predicted octanol–water partition coefficient (Wildman–Crippen LogP) is 4.36. The first-order chi connectivity index (χ1) is 11.1. The summed E-state index contributed by atoms with van der Waals surface area (Å²) < 4.78 is 13.0. The molecule has 0 atom stereocenters. The molecule has 0 saturated carbocycles. The summed E-state index contributed by atoms with van der Waals surface area (Å²) in [6.45, 7) is 2.17. The number of carbonyl (C=O) groups is 1. The first-order valence-corrected chi connectivity index (χ1v) is 8.86. The Hall–Kier alpha value is -2.05. The molecule has 0 saturated heterocycles. The highest BCUT2D eigenvalue weighted by atomic mass is 32.1. The van der Waals surface area contributed by atoms with Crippen molar-refractivity contribution in [1.29, 1.82) is 0 Å². The molecule has 23 heavy (non-hydrogen) atoms. The Morgan fingerprint density at radius 1 is 1.22 bits per heavy atom. The van der Waals surface area contributed by atoms with Crippen molar-refractivity contribution in [3.8, 4) is 21.1 Å². The number of halogens is 1. The number of carbonyl (C=O) groups excluding carboxylic acids is 1. The van der Waals surface area contributed by atoms with Gasteiger partial charge in [0.25, 0.3) is 0 Å². The molecule has 118 valence electrons. The van der Waals surface area contributed by atoms with Gasteiger partial charge < -0.3 is 5.32 Å². The minimum Gasteiger partial charge on any atom is -0.356 e. The van der Waals surface area contributed by atoms with Crippen LogP contribution in [-0.4, -0.2) is 17.4 Å². The van der Waals surface area contributed by atoms with E-state index in [1.807, 2.05) is 5.38 Å². The largest absolute Gasteiger partial charge is 0.356 e. The standard InChI is InChI=1S/C17H15FN2OS2/c1-11(21)19-9-8-14-6-7-16(23-14)15-10-22-17(20-15)12-2-4-13(18)5-3-12/h2-7,10H,8-9H2,1H3,(H,19,21). The highest BCUT2D eigenvalue weighted by Crippen LogP contribution is 2.32. The molecule has 3 aromatic rings. The van der Waals surface area contributed by atoms with Gasteiger partial charge in [-0.3, -0.25) is 4.79 Å². The van der Waals surface area contributed by atoms with Crippen molar-refractivity contribution in [3.05, 3.63) is 52.5 Å². The Labute approximate surface area is 141 Å². The Balaban J connectivity index is 1.72. The second-order valence-corrected chi connectivity index (χ2v) is 7.07. The van der Waals surface area contributed by atoms with Crippen LogP contribution in [0.4, 0.5) is 4.39 Å². The Morgan fingerprint density at radius 2 is 2.00 bits per heavy atom. The van der Waals surface area contributed by atoms with E-state index >= 15 is 0 Å². The number of hydrogen-bond acceptors (Lipinski definition) is 4. The van der Waals surface area contributed by atoms with Gasteiger partial charge in [0.05, 0.1) is 10.6 Å². The van der Waals surface area contributed by atoms with Crippen molar-refractivity contribution >= 4 is 28.6 Å². The molecule has 0 unspecified atom stereocenters. The van der Waals surface area contributed by atoms with Crippen molar-refractivity contribution < 1.29 is 9.18 Å². The molecule has 3 nitrogen and oxygen atoms in total. The molecule has 0 aliphatic heterocycles. The van der Waals surface area contributed by atoms with Crippen LogP contribution in [0.3, 0.4) is 0 Å². The molecule has 0 fully saturated rings. The van der Waals surface area contributed by atoms with E-state index in [4.69, 9.17) is 0 Å². The average Bonchev–Trinajstić information content (AvgIpc) is 3.16. The second kappa shape index (κ2) is 7.02. The van der Waals surface area contributed by atoms with Crippen LogP contribution in [0.2, 0.25) is 0 Å². The van der Waals surface area contributed by atoms with E-state index in [1.165, 1.54) is 23.9 Å². The minimum absolute atomic E-state index is 0.00906. The highest BCUT2D eigenvalue weighted by molar-refractivity contribution is 7.16. The molecule has 2 heterocycles. The van der Waals surface area contributed by atoms with E-state index in [2.05, 4.69) is 22.4 Å². The number of rotatable bonds is 5. The van der Waals surface area contributed by atoms with Crippen LogP contribution in [0.5, 0.6) is 0 Å². The van der Waals surface area contributed by atoms with Crippen LogP contribution >= 0.6 is 22.7 Å². The minimum atomic E-state index is -0.243. The molecule has 2 aromatic heterocycles. The third kappa shape index (κ3) is 4.03. The summed E-state index contributed by atoms with van der Waals surface area (Å²) in [4.78, 5) is 17.8. The van der Waals surface area contributed by atoms with E-state index in [-0.39, 0.29) is 11.7 Å². The fourth-order valence-electron chi connectivity index (χ4n) is 2.12. The summed E-state index contributed by atoms with van der Waals surface area (Å²) in [5, 5.41) is 5.70. The molecule has 0 radical (unpaired) electrons. The Bertz CT molecular complexity index is 808. The maximum atomic E-state index is 13.0. The summed E-state index contributed by atoms with van der Waals surface area (Å²) in [5.41, 5.74) is 1.86. The molecule has 0 aliphatic rings. The van der Waals surface area contributed by atoms with Crippen molar-refractivity contribution in [1.82, 2.24) is 10.3 Å². The van der Waals surface area contributed by atoms with Crippen LogP contribution < -0.4 is 5.32 Å². The molecule has 0 aliphatic carbocycles. The third-order valence-electron chi connectivity index (χ3n) is 3.25. The summed E-state index contributed by atoms with van der Waals surface area (Å²) >= 11 is 3.23. The maximum Gasteiger partial charge on any atom is 0.216 e. The van der Waals surface area contributed by atoms with Crippen molar-refractivity contribution in [2.45, 2.75) is 13.3 Å². The summed E-state index contributed by atoms with van der Waals surface area (Å²) in [7, 11) is 0. The summed E-state index contributed by atoms with van der Waals surface area (Å²) in [5.74, 6) is -0.252. The van der Waals surface area contributed by atoms with Gasteiger partial charge in [-0.15, -0.1) is 22.7 Å². The van der Waals surface area contributed by atoms with Crippen LogP contribution in [0.25, 0.3) is 21.1 Å². The Morgan fingerprint density at radius 3 is 2.74 bits per heavy atom. The summed E-state index contributed by atoms with van der Waals surface area (Å²) in [6.07, 6.45) is 0.819. The van der Waals surface area contributed by atoms with Gasteiger partial charge in [-0.2, -0.15) is 0 Å². The fraction of sp³-hybridized carbons (Fsp3) is 0.176. The third-order valence-corrected chi connectivity index (χ3v) is 5.31. The predicted molar refractivity (Wildman–Crippen MR) is 93.2 cm³/mol.